The van der Waals surface area contributed by atoms with Gasteiger partial charge in [-0.05, 0) is 43.7 Å². The lowest BCUT2D eigenvalue weighted by molar-refractivity contribution is -0.131. The van der Waals surface area contributed by atoms with Crippen LogP contribution in [0.2, 0.25) is 5.02 Å². The number of carbonyl (C=O) groups excluding carboxylic acids is 1. The van der Waals surface area contributed by atoms with Gasteiger partial charge in [0.25, 0.3) is 0 Å². The summed E-state index contributed by atoms with van der Waals surface area (Å²) in [5, 5.41) is 0.697. The molecule has 1 aliphatic heterocycles. The van der Waals surface area contributed by atoms with Gasteiger partial charge >= 0.3 is 0 Å². The van der Waals surface area contributed by atoms with Crippen molar-refractivity contribution in [3.8, 4) is 11.5 Å². The van der Waals surface area contributed by atoms with Crippen LogP contribution in [0.25, 0.3) is 11.5 Å². The molecule has 1 fully saturated rings. The lowest BCUT2D eigenvalue weighted by atomic mass is 10.1. The number of anilines is 1. The van der Waals surface area contributed by atoms with Crippen LogP contribution in [-0.4, -0.2) is 45.4 Å². The number of hydrogen-bond acceptors (Lipinski definition) is 5. The molecule has 1 aliphatic rings. The smallest absolute Gasteiger partial charge is 0.242 e. The van der Waals surface area contributed by atoms with Crippen LogP contribution in [0, 0.1) is 13.8 Å². The van der Waals surface area contributed by atoms with Gasteiger partial charge in [0.15, 0.2) is 5.82 Å². The molecule has 0 unspecified atom stereocenters. The maximum Gasteiger partial charge on any atom is 0.242 e. The van der Waals surface area contributed by atoms with Gasteiger partial charge in [-0.25, -0.2) is 9.97 Å². The monoisotopic (exact) mass is 407 g/mol. The van der Waals surface area contributed by atoms with E-state index in [1.165, 1.54) is 0 Å². The summed E-state index contributed by atoms with van der Waals surface area (Å²) in [6, 6.07) is 13.3. The molecular formula is C22H22ClN5O. The van der Waals surface area contributed by atoms with Crippen molar-refractivity contribution < 1.29 is 4.79 Å². The van der Waals surface area contributed by atoms with Crippen molar-refractivity contribution in [2.45, 2.75) is 20.4 Å². The van der Waals surface area contributed by atoms with Crippen molar-refractivity contribution in [2.24, 2.45) is 0 Å². The zero-order valence-electron chi connectivity index (χ0n) is 16.5. The number of nitrogens with zero attached hydrogens (tertiary/aromatic N) is 5. The predicted molar refractivity (Wildman–Crippen MR) is 114 cm³/mol. The number of rotatable bonds is 4. The first-order valence-electron chi connectivity index (χ1n) is 9.55. The van der Waals surface area contributed by atoms with E-state index in [4.69, 9.17) is 16.6 Å². The summed E-state index contributed by atoms with van der Waals surface area (Å²) in [4.78, 5) is 30.4. The highest BCUT2D eigenvalue weighted by Gasteiger charge is 2.27. The van der Waals surface area contributed by atoms with E-state index in [2.05, 4.69) is 9.97 Å². The standard InChI is InChI=1S/C22H22ClN5O/c1-15-16(2)25-21(19-5-3-4-10-24-19)26-22(15)28-12-11-27(20(29)14-28)13-17-6-8-18(23)9-7-17/h3-10H,11-14H2,1-2H3. The number of halogens is 1. The summed E-state index contributed by atoms with van der Waals surface area (Å²) in [6.07, 6.45) is 1.73. The molecule has 7 heteroatoms. The molecule has 4 rings (SSSR count). The number of benzene rings is 1. The first kappa shape index (κ1) is 19.3. The van der Waals surface area contributed by atoms with Crippen LogP contribution in [0.5, 0.6) is 0 Å². The summed E-state index contributed by atoms with van der Waals surface area (Å²) in [5.41, 5.74) is 3.68. The maximum atomic E-state index is 12.8. The number of hydrogen-bond donors (Lipinski definition) is 0. The maximum absolute atomic E-state index is 12.8. The Bertz CT molecular complexity index is 1020. The minimum atomic E-state index is 0.0845. The highest BCUT2D eigenvalue weighted by Crippen LogP contribution is 2.25. The summed E-state index contributed by atoms with van der Waals surface area (Å²) in [6.45, 7) is 6.21. The lowest BCUT2D eigenvalue weighted by Gasteiger charge is -2.36. The first-order chi connectivity index (χ1) is 14.0. The Morgan fingerprint density at radius 3 is 2.52 bits per heavy atom. The highest BCUT2D eigenvalue weighted by atomic mass is 35.5. The normalized spacial score (nSPS) is 14.4. The molecule has 1 saturated heterocycles. The SMILES string of the molecule is Cc1nc(-c2ccccn2)nc(N2CCN(Cc3ccc(Cl)cc3)C(=O)C2)c1C. The van der Waals surface area contributed by atoms with Crippen LogP contribution in [0.1, 0.15) is 16.8 Å². The molecule has 0 atom stereocenters. The minimum absolute atomic E-state index is 0.0845. The molecule has 29 heavy (non-hydrogen) atoms. The van der Waals surface area contributed by atoms with Crippen LogP contribution in [-0.2, 0) is 11.3 Å². The third-order valence-corrected chi connectivity index (χ3v) is 5.41. The molecule has 0 bridgehead atoms. The molecule has 148 valence electrons. The van der Waals surface area contributed by atoms with Crippen LogP contribution in [0.4, 0.5) is 5.82 Å². The van der Waals surface area contributed by atoms with E-state index in [-0.39, 0.29) is 5.91 Å². The summed E-state index contributed by atoms with van der Waals surface area (Å²) in [5.74, 6) is 1.47. The van der Waals surface area contributed by atoms with Crippen molar-refractivity contribution in [2.75, 3.05) is 24.5 Å². The Labute approximate surface area is 175 Å². The fourth-order valence-corrected chi connectivity index (χ4v) is 3.52. The minimum Gasteiger partial charge on any atom is -0.345 e. The molecule has 3 heterocycles. The van der Waals surface area contributed by atoms with Crippen molar-refractivity contribution >= 4 is 23.3 Å². The fourth-order valence-electron chi connectivity index (χ4n) is 3.40. The zero-order valence-corrected chi connectivity index (χ0v) is 17.2. The van der Waals surface area contributed by atoms with Gasteiger partial charge in [-0.1, -0.05) is 29.8 Å². The number of pyridine rings is 1. The Morgan fingerprint density at radius 2 is 1.83 bits per heavy atom. The Kier molecular flexibility index (Phi) is 5.45. The van der Waals surface area contributed by atoms with Crippen molar-refractivity contribution in [3.63, 3.8) is 0 Å². The number of carbonyl (C=O) groups is 1. The molecule has 0 saturated carbocycles. The Morgan fingerprint density at radius 1 is 1.03 bits per heavy atom. The van der Waals surface area contributed by atoms with E-state index < -0.39 is 0 Å². The summed E-state index contributed by atoms with van der Waals surface area (Å²) < 4.78 is 0. The van der Waals surface area contributed by atoms with Gasteiger partial charge in [0.05, 0.1) is 6.54 Å². The Hall–Kier alpha value is -2.99. The van der Waals surface area contributed by atoms with Gasteiger partial charge in [0.1, 0.15) is 11.5 Å². The largest absolute Gasteiger partial charge is 0.345 e. The molecule has 2 aromatic heterocycles. The third-order valence-electron chi connectivity index (χ3n) is 5.16. The molecule has 1 amide bonds. The average Bonchev–Trinajstić information content (AvgIpc) is 2.73. The molecule has 0 spiro atoms. The van der Waals surface area contributed by atoms with E-state index in [0.717, 1.165) is 34.9 Å². The quantitative estimate of drug-likeness (QED) is 0.660. The van der Waals surface area contributed by atoms with E-state index in [0.29, 0.717) is 30.5 Å². The molecule has 0 radical (unpaired) electrons. The highest BCUT2D eigenvalue weighted by molar-refractivity contribution is 6.30. The summed E-state index contributed by atoms with van der Waals surface area (Å²) >= 11 is 5.95. The molecule has 1 aromatic carbocycles. The van der Waals surface area contributed by atoms with Gasteiger partial charge in [-0.2, -0.15) is 0 Å². The number of aryl methyl sites for hydroxylation is 1. The summed E-state index contributed by atoms with van der Waals surface area (Å²) in [7, 11) is 0. The second-order valence-corrected chi connectivity index (χ2v) is 7.60. The van der Waals surface area contributed by atoms with Crippen molar-refractivity contribution in [1.82, 2.24) is 19.9 Å². The topological polar surface area (TPSA) is 62.2 Å². The predicted octanol–water partition coefficient (Wildman–Crippen LogP) is 3.66. The average molecular weight is 408 g/mol. The van der Waals surface area contributed by atoms with Crippen molar-refractivity contribution in [3.05, 3.63) is 70.5 Å². The van der Waals surface area contributed by atoms with E-state index in [1.54, 1.807) is 6.20 Å². The van der Waals surface area contributed by atoms with Crippen LogP contribution >= 0.6 is 11.6 Å². The second-order valence-electron chi connectivity index (χ2n) is 7.16. The fraction of sp³-hybridized carbons (Fsp3) is 0.273. The first-order valence-corrected chi connectivity index (χ1v) is 9.93. The molecule has 0 N–H and O–H groups in total. The molecule has 0 aliphatic carbocycles. The van der Waals surface area contributed by atoms with Gasteiger partial charge in [-0.3, -0.25) is 9.78 Å². The van der Waals surface area contributed by atoms with Gasteiger partial charge in [-0.15, -0.1) is 0 Å². The van der Waals surface area contributed by atoms with E-state index in [1.807, 2.05) is 66.1 Å². The second kappa shape index (κ2) is 8.17. The van der Waals surface area contributed by atoms with E-state index >= 15 is 0 Å². The molecule has 6 nitrogen and oxygen atoms in total. The van der Waals surface area contributed by atoms with Crippen LogP contribution in [0.3, 0.4) is 0 Å². The van der Waals surface area contributed by atoms with Crippen LogP contribution < -0.4 is 4.90 Å². The van der Waals surface area contributed by atoms with Gasteiger partial charge in [0, 0.05) is 42.1 Å². The zero-order chi connectivity index (χ0) is 20.4. The van der Waals surface area contributed by atoms with Gasteiger partial charge < -0.3 is 9.80 Å². The van der Waals surface area contributed by atoms with Gasteiger partial charge in [0.2, 0.25) is 5.91 Å². The van der Waals surface area contributed by atoms with Crippen molar-refractivity contribution in [1.29, 1.82) is 0 Å². The Balaban J connectivity index is 1.53. The molecule has 3 aromatic rings. The number of piperazine rings is 1. The third kappa shape index (κ3) is 4.22. The number of aromatic nitrogens is 3. The van der Waals surface area contributed by atoms with E-state index in [9.17, 15) is 4.79 Å². The van der Waals surface area contributed by atoms with Crippen LogP contribution in [0.15, 0.2) is 48.7 Å². The molecular weight excluding hydrogens is 386 g/mol. The lowest BCUT2D eigenvalue weighted by Crippen LogP contribution is -2.50. The number of amides is 1.